The first-order valence-corrected chi connectivity index (χ1v) is 7.99. The lowest BCUT2D eigenvalue weighted by Crippen LogP contribution is -2.57. The van der Waals surface area contributed by atoms with Crippen molar-refractivity contribution in [2.75, 3.05) is 0 Å². The van der Waals surface area contributed by atoms with Crippen LogP contribution in [0.5, 0.6) is 0 Å². The van der Waals surface area contributed by atoms with Gasteiger partial charge in [-0.05, 0) is 76.0 Å². The number of ether oxygens (including phenoxy) is 1. The van der Waals surface area contributed by atoms with E-state index in [0.29, 0.717) is 5.41 Å². The Bertz CT molecular complexity index is 382. The van der Waals surface area contributed by atoms with Crippen LogP contribution in [-0.4, -0.2) is 11.6 Å². The molecule has 0 aromatic rings. The highest BCUT2D eigenvalue weighted by Gasteiger charge is 2.58. The summed E-state index contributed by atoms with van der Waals surface area (Å²) in [4.78, 5) is 12.5. The number of esters is 1. The van der Waals surface area contributed by atoms with Gasteiger partial charge < -0.3 is 4.74 Å². The molecule has 0 aromatic carbocycles. The van der Waals surface area contributed by atoms with Gasteiger partial charge in [-0.25, -0.2) is 0 Å². The largest absolute Gasteiger partial charge is 0.459 e. The SMILES string of the molecule is CCC(C)(C)C(=O)OC12CC3CC(CC(C)(C3)C1)C2. The van der Waals surface area contributed by atoms with Crippen LogP contribution in [0, 0.1) is 22.7 Å². The third-order valence-corrected chi connectivity index (χ3v) is 6.05. The summed E-state index contributed by atoms with van der Waals surface area (Å²) in [6.07, 6.45) is 8.33. The van der Waals surface area contributed by atoms with Gasteiger partial charge in [0.25, 0.3) is 0 Å². The molecule has 0 amide bonds. The van der Waals surface area contributed by atoms with Crippen molar-refractivity contribution in [3.05, 3.63) is 0 Å². The van der Waals surface area contributed by atoms with E-state index in [0.717, 1.165) is 37.5 Å². The summed E-state index contributed by atoms with van der Waals surface area (Å²) in [6.45, 7) is 8.51. The van der Waals surface area contributed by atoms with Gasteiger partial charge in [0.05, 0.1) is 5.41 Å². The van der Waals surface area contributed by atoms with Crippen molar-refractivity contribution in [1.82, 2.24) is 0 Å². The monoisotopic (exact) mass is 264 g/mol. The summed E-state index contributed by atoms with van der Waals surface area (Å²) in [5.41, 5.74) is 0.00726. The van der Waals surface area contributed by atoms with Gasteiger partial charge in [-0.15, -0.1) is 0 Å². The molecule has 108 valence electrons. The second-order valence-corrected chi connectivity index (χ2v) is 8.58. The van der Waals surface area contributed by atoms with Crippen LogP contribution in [0.4, 0.5) is 0 Å². The third-order valence-electron chi connectivity index (χ3n) is 6.05. The van der Waals surface area contributed by atoms with Crippen LogP contribution >= 0.6 is 0 Å². The minimum absolute atomic E-state index is 0.0283. The zero-order chi connectivity index (χ0) is 13.9. The fourth-order valence-corrected chi connectivity index (χ4v) is 5.23. The van der Waals surface area contributed by atoms with Gasteiger partial charge >= 0.3 is 5.97 Å². The minimum Gasteiger partial charge on any atom is -0.459 e. The van der Waals surface area contributed by atoms with Crippen molar-refractivity contribution < 1.29 is 9.53 Å². The number of carbonyl (C=O) groups excluding carboxylic acids is 1. The van der Waals surface area contributed by atoms with Crippen molar-refractivity contribution in [2.45, 2.75) is 78.2 Å². The fourth-order valence-electron chi connectivity index (χ4n) is 5.23. The molecule has 0 heterocycles. The Labute approximate surface area is 117 Å². The van der Waals surface area contributed by atoms with E-state index in [1.54, 1.807) is 0 Å². The second-order valence-electron chi connectivity index (χ2n) is 8.58. The van der Waals surface area contributed by atoms with Gasteiger partial charge in [0.2, 0.25) is 0 Å². The van der Waals surface area contributed by atoms with Crippen molar-refractivity contribution in [3.63, 3.8) is 0 Å². The molecular weight excluding hydrogens is 236 g/mol. The molecule has 0 radical (unpaired) electrons. The van der Waals surface area contributed by atoms with Crippen molar-refractivity contribution in [1.29, 1.82) is 0 Å². The van der Waals surface area contributed by atoms with Crippen LogP contribution in [-0.2, 0) is 9.53 Å². The van der Waals surface area contributed by atoms with Gasteiger partial charge in [0.1, 0.15) is 5.60 Å². The third kappa shape index (κ3) is 2.21. The average Bonchev–Trinajstić information content (AvgIpc) is 2.24. The molecule has 2 atom stereocenters. The molecule has 2 unspecified atom stereocenters. The van der Waals surface area contributed by atoms with Crippen LogP contribution in [0.1, 0.15) is 72.6 Å². The Kier molecular flexibility index (Phi) is 2.82. The molecular formula is C17H28O2. The van der Waals surface area contributed by atoms with E-state index in [2.05, 4.69) is 13.8 Å². The van der Waals surface area contributed by atoms with Crippen molar-refractivity contribution >= 4 is 5.97 Å². The molecule has 4 bridgehead atoms. The Morgan fingerprint density at radius 1 is 1.21 bits per heavy atom. The van der Waals surface area contributed by atoms with Gasteiger partial charge in [0, 0.05) is 0 Å². The molecule has 0 spiro atoms. The predicted molar refractivity (Wildman–Crippen MR) is 75.7 cm³/mol. The highest BCUT2D eigenvalue weighted by atomic mass is 16.6. The molecule has 0 saturated heterocycles. The smallest absolute Gasteiger partial charge is 0.312 e. The average molecular weight is 264 g/mol. The van der Waals surface area contributed by atoms with Gasteiger partial charge in [0.15, 0.2) is 0 Å². The van der Waals surface area contributed by atoms with E-state index in [-0.39, 0.29) is 17.0 Å². The highest BCUT2D eigenvalue weighted by Crippen LogP contribution is 2.62. The molecule has 2 nitrogen and oxygen atoms in total. The molecule has 4 aliphatic carbocycles. The summed E-state index contributed by atoms with van der Waals surface area (Å²) < 4.78 is 6.13. The first-order valence-electron chi connectivity index (χ1n) is 7.99. The summed E-state index contributed by atoms with van der Waals surface area (Å²) >= 11 is 0. The Hall–Kier alpha value is -0.530. The quantitative estimate of drug-likeness (QED) is 0.709. The lowest BCUT2D eigenvalue weighted by molar-refractivity contribution is -0.207. The first kappa shape index (κ1) is 13.5. The molecule has 4 aliphatic rings. The number of rotatable bonds is 3. The van der Waals surface area contributed by atoms with Crippen LogP contribution in [0.25, 0.3) is 0 Å². The maximum absolute atomic E-state index is 12.5. The molecule has 4 rings (SSSR count). The van der Waals surface area contributed by atoms with Crippen LogP contribution < -0.4 is 0 Å². The predicted octanol–water partition coefficient (Wildman–Crippen LogP) is 4.32. The van der Waals surface area contributed by atoms with Gasteiger partial charge in [-0.2, -0.15) is 0 Å². The van der Waals surface area contributed by atoms with E-state index in [1.807, 2.05) is 13.8 Å². The number of hydrogen-bond acceptors (Lipinski definition) is 2. The summed E-state index contributed by atoms with van der Waals surface area (Å²) in [5, 5.41) is 0. The summed E-state index contributed by atoms with van der Waals surface area (Å²) in [5.74, 6) is 1.65. The number of carbonyl (C=O) groups is 1. The highest BCUT2D eigenvalue weighted by molar-refractivity contribution is 5.76. The van der Waals surface area contributed by atoms with E-state index < -0.39 is 0 Å². The van der Waals surface area contributed by atoms with Gasteiger partial charge in [-0.1, -0.05) is 13.8 Å². The molecule has 0 N–H and O–H groups in total. The van der Waals surface area contributed by atoms with E-state index in [9.17, 15) is 4.79 Å². The van der Waals surface area contributed by atoms with Crippen molar-refractivity contribution in [2.24, 2.45) is 22.7 Å². The van der Waals surface area contributed by atoms with Crippen LogP contribution in [0.15, 0.2) is 0 Å². The van der Waals surface area contributed by atoms with E-state index >= 15 is 0 Å². The van der Waals surface area contributed by atoms with Crippen molar-refractivity contribution in [3.8, 4) is 0 Å². The molecule has 2 heteroatoms. The van der Waals surface area contributed by atoms with E-state index in [4.69, 9.17) is 4.74 Å². The number of hydrogen-bond donors (Lipinski definition) is 0. The summed E-state index contributed by atoms with van der Waals surface area (Å²) in [6, 6.07) is 0. The van der Waals surface area contributed by atoms with E-state index in [1.165, 1.54) is 19.3 Å². The summed E-state index contributed by atoms with van der Waals surface area (Å²) in [7, 11) is 0. The van der Waals surface area contributed by atoms with Crippen LogP contribution in [0.3, 0.4) is 0 Å². The molecule has 19 heavy (non-hydrogen) atoms. The lowest BCUT2D eigenvalue weighted by atomic mass is 9.48. The Morgan fingerprint density at radius 2 is 1.79 bits per heavy atom. The standard InChI is InChI=1S/C17H28O2/c1-5-15(2,3)14(18)19-17-9-12-6-13(10-17)8-16(4,7-12)11-17/h12-13H,5-11H2,1-4H3. The lowest BCUT2D eigenvalue weighted by Gasteiger charge is -2.60. The molecule has 0 aromatic heterocycles. The zero-order valence-corrected chi connectivity index (χ0v) is 12.9. The molecule has 4 fully saturated rings. The Balaban J connectivity index is 1.79. The fraction of sp³-hybridized carbons (Fsp3) is 0.941. The zero-order valence-electron chi connectivity index (χ0n) is 12.9. The molecule has 4 saturated carbocycles. The molecule has 0 aliphatic heterocycles. The normalized spacial score (nSPS) is 44.4. The maximum atomic E-state index is 12.5. The Morgan fingerprint density at radius 3 is 2.26 bits per heavy atom. The van der Waals surface area contributed by atoms with Gasteiger partial charge in [-0.3, -0.25) is 4.79 Å². The van der Waals surface area contributed by atoms with Crippen LogP contribution in [0.2, 0.25) is 0 Å². The topological polar surface area (TPSA) is 26.3 Å². The first-order chi connectivity index (χ1) is 8.76. The minimum atomic E-state index is -0.329. The maximum Gasteiger partial charge on any atom is 0.312 e. The second kappa shape index (κ2) is 3.99.